The molecule has 11 heteroatoms. The number of rotatable bonds is 4. The molecular formula is C16H19BrClN5O3S. The van der Waals surface area contributed by atoms with Crippen LogP contribution < -0.4 is 5.32 Å². The van der Waals surface area contributed by atoms with Crippen LogP contribution in [0.4, 0.5) is 5.82 Å². The number of piperidine rings is 1. The molecule has 0 saturated carbocycles. The van der Waals surface area contributed by atoms with Gasteiger partial charge in [0, 0.05) is 30.8 Å². The number of hydrogen-bond donors (Lipinski definition) is 1. The molecule has 1 atom stereocenters. The highest BCUT2D eigenvalue weighted by Gasteiger charge is 2.36. The first-order valence-electron chi connectivity index (χ1n) is 8.32. The molecule has 146 valence electrons. The van der Waals surface area contributed by atoms with Crippen LogP contribution in [0.1, 0.15) is 18.5 Å². The van der Waals surface area contributed by atoms with E-state index in [1.165, 1.54) is 8.99 Å². The Morgan fingerprint density at radius 2 is 2.15 bits per heavy atom. The van der Waals surface area contributed by atoms with Crippen LogP contribution in [-0.2, 0) is 21.9 Å². The molecule has 27 heavy (non-hydrogen) atoms. The van der Waals surface area contributed by atoms with Crippen LogP contribution >= 0.6 is 27.5 Å². The van der Waals surface area contributed by atoms with Crippen molar-refractivity contribution in [2.45, 2.75) is 24.7 Å². The van der Waals surface area contributed by atoms with Crippen molar-refractivity contribution < 1.29 is 13.2 Å². The van der Waals surface area contributed by atoms with Gasteiger partial charge in [0.05, 0.1) is 11.6 Å². The summed E-state index contributed by atoms with van der Waals surface area (Å²) in [5.74, 6) is -0.289. The number of nitrogens with zero attached hydrogens (tertiary/aromatic N) is 4. The first-order chi connectivity index (χ1) is 12.7. The second-order valence-electron chi connectivity index (χ2n) is 6.38. The van der Waals surface area contributed by atoms with E-state index in [2.05, 4.69) is 31.3 Å². The average Bonchev–Trinajstić information content (AvgIpc) is 2.89. The van der Waals surface area contributed by atoms with E-state index in [9.17, 15) is 13.2 Å². The summed E-state index contributed by atoms with van der Waals surface area (Å²) in [5, 5.41) is 6.89. The largest absolute Gasteiger partial charge is 0.310 e. The molecule has 1 saturated heterocycles. The van der Waals surface area contributed by atoms with E-state index in [-0.39, 0.29) is 22.5 Å². The molecule has 0 aliphatic carbocycles. The number of pyridine rings is 1. The quantitative estimate of drug-likeness (QED) is 0.731. The molecule has 1 N–H and O–H groups in total. The fraction of sp³-hybridized carbons (Fsp3) is 0.438. The molecule has 0 bridgehead atoms. The number of hydrogen-bond acceptors (Lipinski definition) is 5. The number of anilines is 1. The van der Waals surface area contributed by atoms with Crippen molar-refractivity contribution in [1.29, 1.82) is 0 Å². The number of carbonyl (C=O) groups is 1. The second kappa shape index (κ2) is 7.86. The number of carbonyl (C=O) groups excluding carboxylic acids is 1. The zero-order valence-electron chi connectivity index (χ0n) is 14.8. The number of aryl methyl sites for hydroxylation is 2. The van der Waals surface area contributed by atoms with E-state index >= 15 is 0 Å². The third-order valence-electron chi connectivity index (χ3n) is 4.43. The maximum absolute atomic E-state index is 13.0. The van der Waals surface area contributed by atoms with Crippen LogP contribution in [0.3, 0.4) is 0 Å². The van der Waals surface area contributed by atoms with E-state index in [1.54, 1.807) is 32.3 Å². The summed E-state index contributed by atoms with van der Waals surface area (Å²) in [6.07, 6.45) is 2.77. The fourth-order valence-electron chi connectivity index (χ4n) is 3.09. The molecule has 1 fully saturated rings. The van der Waals surface area contributed by atoms with E-state index < -0.39 is 15.9 Å². The van der Waals surface area contributed by atoms with E-state index in [0.717, 1.165) is 4.47 Å². The van der Waals surface area contributed by atoms with Gasteiger partial charge >= 0.3 is 0 Å². The molecule has 1 unspecified atom stereocenters. The molecule has 0 aromatic carbocycles. The predicted molar refractivity (Wildman–Crippen MR) is 105 cm³/mol. The summed E-state index contributed by atoms with van der Waals surface area (Å²) < 4.78 is 29.5. The van der Waals surface area contributed by atoms with Crippen LogP contribution in [0, 0.1) is 12.8 Å². The Labute approximate surface area is 171 Å². The standard InChI is InChI=1S/C16H19BrClN5O3S/c1-10-14(15(18)22(2)21-10)27(25,26)23-7-3-4-11(9-23)16(24)20-13-6-5-12(17)8-19-13/h5-6,8,11H,3-4,7,9H2,1-2H3,(H,19,20,24). The normalized spacial score (nSPS) is 18.4. The SMILES string of the molecule is Cc1nn(C)c(Cl)c1S(=O)(=O)N1CCCC(C(=O)Nc2ccc(Br)cn2)C1. The second-order valence-corrected chi connectivity index (χ2v) is 9.53. The Hall–Kier alpha value is -1.49. The summed E-state index contributed by atoms with van der Waals surface area (Å²) in [6.45, 7) is 2.04. The third kappa shape index (κ3) is 4.18. The van der Waals surface area contributed by atoms with Crippen molar-refractivity contribution in [3.63, 3.8) is 0 Å². The maximum atomic E-state index is 13.0. The lowest BCUT2D eigenvalue weighted by molar-refractivity contribution is -0.120. The lowest BCUT2D eigenvalue weighted by Crippen LogP contribution is -2.43. The van der Waals surface area contributed by atoms with Crippen molar-refractivity contribution >= 4 is 49.3 Å². The first kappa shape index (κ1) is 20.2. The molecular weight excluding hydrogens is 458 g/mol. The lowest BCUT2D eigenvalue weighted by Gasteiger charge is -2.31. The first-order valence-corrected chi connectivity index (χ1v) is 10.9. The van der Waals surface area contributed by atoms with Crippen LogP contribution in [0.2, 0.25) is 5.15 Å². The van der Waals surface area contributed by atoms with Crippen LogP contribution in [0.25, 0.3) is 0 Å². The van der Waals surface area contributed by atoms with Gasteiger partial charge < -0.3 is 5.32 Å². The van der Waals surface area contributed by atoms with Gasteiger partial charge in [0.25, 0.3) is 0 Å². The van der Waals surface area contributed by atoms with Crippen LogP contribution in [0.15, 0.2) is 27.7 Å². The number of halogens is 2. The molecule has 2 aromatic rings. The Kier molecular flexibility index (Phi) is 5.90. The van der Waals surface area contributed by atoms with Crippen molar-refractivity contribution in [3.05, 3.63) is 33.6 Å². The minimum absolute atomic E-state index is 0.00213. The van der Waals surface area contributed by atoms with Crippen LogP contribution in [-0.4, -0.2) is 46.5 Å². The van der Waals surface area contributed by atoms with Gasteiger partial charge in [-0.15, -0.1) is 0 Å². The van der Waals surface area contributed by atoms with Gasteiger partial charge in [0.15, 0.2) is 0 Å². The highest BCUT2D eigenvalue weighted by Crippen LogP contribution is 2.30. The van der Waals surface area contributed by atoms with E-state index in [0.29, 0.717) is 30.9 Å². The monoisotopic (exact) mass is 475 g/mol. The van der Waals surface area contributed by atoms with Crippen LogP contribution in [0.5, 0.6) is 0 Å². The molecule has 8 nitrogen and oxygen atoms in total. The Balaban J connectivity index is 1.77. The van der Waals surface area contributed by atoms with Gasteiger partial charge in [0.1, 0.15) is 15.9 Å². The molecule has 2 aromatic heterocycles. The average molecular weight is 477 g/mol. The molecule has 3 rings (SSSR count). The number of aromatic nitrogens is 3. The van der Waals surface area contributed by atoms with Crippen molar-refractivity contribution in [2.24, 2.45) is 13.0 Å². The number of amides is 1. The molecule has 0 spiro atoms. The van der Waals surface area contributed by atoms with Gasteiger partial charge in [-0.25, -0.2) is 13.4 Å². The summed E-state index contributed by atoms with van der Waals surface area (Å²) in [5.41, 5.74) is 0.341. The van der Waals surface area contributed by atoms with E-state index in [1.807, 2.05) is 0 Å². The van der Waals surface area contributed by atoms with Gasteiger partial charge in [-0.05, 0) is 47.8 Å². The Morgan fingerprint density at radius 1 is 1.41 bits per heavy atom. The topological polar surface area (TPSA) is 97.2 Å². The summed E-state index contributed by atoms with van der Waals surface area (Å²) in [7, 11) is -2.24. The highest BCUT2D eigenvalue weighted by atomic mass is 79.9. The zero-order chi connectivity index (χ0) is 19.8. The number of sulfonamides is 1. The summed E-state index contributed by atoms with van der Waals surface area (Å²) in [4.78, 5) is 16.7. The Bertz CT molecular complexity index is 961. The zero-order valence-corrected chi connectivity index (χ0v) is 18.0. The minimum Gasteiger partial charge on any atom is -0.310 e. The molecule has 1 aliphatic heterocycles. The van der Waals surface area contributed by atoms with Crippen molar-refractivity contribution in [2.75, 3.05) is 18.4 Å². The van der Waals surface area contributed by atoms with Gasteiger partial charge in [-0.1, -0.05) is 11.6 Å². The summed E-state index contributed by atoms with van der Waals surface area (Å²) >= 11 is 9.43. The molecule has 1 amide bonds. The van der Waals surface area contributed by atoms with Crippen molar-refractivity contribution in [3.8, 4) is 0 Å². The van der Waals surface area contributed by atoms with Crippen molar-refractivity contribution in [1.82, 2.24) is 19.1 Å². The van der Waals surface area contributed by atoms with Gasteiger partial charge in [-0.2, -0.15) is 9.40 Å². The predicted octanol–water partition coefficient (Wildman–Crippen LogP) is 2.58. The summed E-state index contributed by atoms with van der Waals surface area (Å²) in [6, 6.07) is 3.45. The third-order valence-corrected chi connectivity index (χ3v) is 7.46. The van der Waals surface area contributed by atoms with Gasteiger partial charge in [0.2, 0.25) is 15.9 Å². The smallest absolute Gasteiger partial charge is 0.248 e. The minimum atomic E-state index is -3.83. The fourth-order valence-corrected chi connectivity index (χ4v) is 5.55. The molecule has 0 radical (unpaired) electrons. The highest BCUT2D eigenvalue weighted by molar-refractivity contribution is 9.10. The molecule has 3 heterocycles. The van der Waals surface area contributed by atoms with E-state index in [4.69, 9.17) is 11.6 Å². The van der Waals surface area contributed by atoms with Gasteiger partial charge in [-0.3, -0.25) is 9.48 Å². The Morgan fingerprint density at radius 3 is 2.74 bits per heavy atom. The number of nitrogens with one attached hydrogen (secondary N) is 1. The molecule has 1 aliphatic rings. The maximum Gasteiger partial charge on any atom is 0.248 e. The lowest BCUT2D eigenvalue weighted by atomic mass is 9.99.